The van der Waals surface area contributed by atoms with Crippen molar-refractivity contribution in [2.75, 3.05) is 13.7 Å². The number of azide groups is 1. The molecule has 6 atom stereocenters. The van der Waals surface area contributed by atoms with E-state index < -0.39 is 42.0 Å². The van der Waals surface area contributed by atoms with E-state index in [1.54, 1.807) is 7.11 Å². The highest BCUT2D eigenvalue weighted by Crippen LogP contribution is 2.41. The predicted octanol–water partition coefficient (Wildman–Crippen LogP) is 4.24. The van der Waals surface area contributed by atoms with Crippen molar-refractivity contribution >= 4 is 17.7 Å². The van der Waals surface area contributed by atoms with Crippen molar-refractivity contribution < 1.29 is 28.5 Å². The Morgan fingerprint density at radius 1 is 1.16 bits per heavy atom. The van der Waals surface area contributed by atoms with Gasteiger partial charge in [0.25, 0.3) is 0 Å². The molecule has 2 aromatic carbocycles. The Morgan fingerprint density at radius 2 is 1.91 bits per heavy atom. The Labute approximate surface area is 189 Å². The van der Waals surface area contributed by atoms with Gasteiger partial charge in [-0.15, -0.1) is 0 Å². The minimum atomic E-state index is -0.829. The van der Waals surface area contributed by atoms with Gasteiger partial charge in [0.2, 0.25) is 0 Å². The van der Waals surface area contributed by atoms with E-state index in [9.17, 15) is 10.3 Å². The Morgan fingerprint density at radius 3 is 2.56 bits per heavy atom. The molecule has 0 aromatic heterocycles. The Balaban J connectivity index is 1.59. The maximum absolute atomic E-state index is 11.9. The van der Waals surface area contributed by atoms with Crippen LogP contribution in [0.1, 0.15) is 18.8 Å². The number of carbonyl (C=O) groups excluding carboxylic acids is 1. The maximum Gasteiger partial charge on any atom is 0.303 e. The van der Waals surface area contributed by atoms with Gasteiger partial charge in [-0.2, -0.15) is 0 Å². The van der Waals surface area contributed by atoms with Crippen molar-refractivity contribution in [1.29, 1.82) is 0 Å². The summed E-state index contributed by atoms with van der Waals surface area (Å²) in [7, 11) is 1.59. The SMILES string of the molecule is COc1ccc([C@H]2OC[C@H]3O[C@@H](Sc4ccccc4)[C@H](OC(C)=O)[C@@H](N=[N+]=[N-])[C@H]3O2)cc1. The second kappa shape index (κ2) is 10.2. The maximum atomic E-state index is 11.9. The molecule has 0 radical (unpaired) electrons. The van der Waals surface area contributed by atoms with Gasteiger partial charge in [-0.3, -0.25) is 4.79 Å². The average Bonchev–Trinajstić information content (AvgIpc) is 2.81. The normalized spacial score (nSPS) is 29.3. The first-order chi connectivity index (χ1) is 15.6. The van der Waals surface area contributed by atoms with Crippen LogP contribution in [0.15, 0.2) is 64.6 Å². The van der Waals surface area contributed by atoms with Crippen molar-refractivity contribution in [2.24, 2.45) is 5.11 Å². The smallest absolute Gasteiger partial charge is 0.303 e. The number of fused-ring (bicyclic) bond motifs is 1. The van der Waals surface area contributed by atoms with Crippen molar-refractivity contribution in [3.05, 3.63) is 70.6 Å². The fraction of sp³-hybridized carbons (Fsp3) is 0.409. The van der Waals surface area contributed by atoms with E-state index in [2.05, 4.69) is 10.0 Å². The third kappa shape index (κ3) is 5.01. The zero-order chi connectivity index (χ0) is 22.5. The molecule has 9 nitrogen and oxygen atoms in total. The molecule has 2 aromatic rings. The first kappa shape index (κ1) is 22.4. The zero-order valence-electron chi connectivity index (χ0n) is 17.6. The lowest BCUT2D eigenvalue weighted by Gasteiger charge is -2.47. The fourth-order valence-corrected chi connectivity index (χ4v) is 4.86. The standard InChI is InChI=1S/C22H23N3O6S/c1-13(26)29-20-18(24-25-23)19-17(30-22(20)32-16-6-4-3-5-7-16)12-28-21(31-19)14-8-10-15(27-2)11-9-14/h3-11,17-22H,12H2,1-2H3/t17-,18+,19+,20-,21+,22+/m1/s1. The van der Waals surface area contributed by atoms with E-state index in [-0.39, 0.29) is 6.61 Å². The molecule has 32 heavy (non-hydrogen) atoms. The van der Waals surface area contributed by atoms with Crippen LogP contribution >= 0.6 is 11.8 Å². The highest BCUT2D eigenvalue weighted by Gasteiger charge is 2.51. The van der Waals surface area contributed by atoms with E-state index in [0.29, 0.717) is 5.75 Å². The largest absolute Gasteiger partial charge is 0.497 e. The number of nitrogens with zero attached hydrogens (tertiary/aromatic N) is 3. The molecular weight excluding hydrogens is 434 g/mol. The summed E-state index contributed by atoms with van der Waals surface area (Å²) in [5, 5.41) is 3.96. The second-order valence-electron chi connectivity index (χ2n) is 7.28. The number of thioether (sulfide) groups is 1. The third-order valence-corrected chi connectivity index (χ3v) is 6.34. The van der Waals surface area contributed by atoms with E-state index in [1.807, 2.05) is 54.6 Å². The van der Waals surface area contributed by atoms with Crippen LogP contribution in [0.25, 0.3) is 10.4 Å². The summed E-state index contributed by atoms with van der Waals surface area (Å²) < 4.78 is 29.1. The van der Waals surface area contributed by atoms with Gasteiger partial charge < -0.3 is 23.7 Å². The molecule has 10 heteroatoms. The summed E-state index contributed by atoms with van der Waals surface area (Å²) in [5.41, 5.74) is 9.44. The molecule has 0 aliphatic carbocycles. The van der Waals surface area contributed by atoms with Crippen LogP contribution in [0, 0.1) is 0 Å². The summed E-state index contributed by atoms with van der Waals surface area (Å²) in [6, 6.07) is 16.1. The highest BCUT2D eigenvalue weighted by atomic mass is 32.2. The van der Waals surface area contributed by atoms with Gasteiger partial charge in [0.1, 0.15) is 35.5 Å². The van der Waals surface area contributed by atoms with Gasteiger partial charge >= 0.3 is 5.97 Å². The minimum Gasteiger partial charge on any atom is -0.497 e. The minimum absolute atomic E-state index is 0.234. The molecule has 2 aliphatic heterocycles. The molecule has 2 fully saturated rings. The summed E-state index contributed by atoms with van der Waals surface area (Å²) in [4.78, 5) is 15.8. The van der Waals surface area contributed by atoms with Gasteiger partial charge in [0.15, 0.2) is 6.29 Å². The predicted molar refractivity (Wildman–Crippen MR) is 116 cm³/mol. The lowest BCUT2D eigenvalue weighted by atomic mass is 9.96. The number of carbonyl (C=O) groups is 1. The van der Waals surface area contributed by atoms with Gasteiger partial charge in [-0.1, -0.05) is 47.2 Å². The van der Waals surface area contributed by atoms with Gasteiger partial charge in [-0.25, -0.2) is 0 Å². The number of hydrogen-bond acceptors (Lipinski definition) is 8. The van der Waals surface area contributed by atoms with Gasteiger partial charge in [-0.05, 0) is 29.8 Å². The number of ether oxygens (including phenoxy) is 5. The lowest BCUT2D eigenvalue weighted by Crippen LogP contribution is -2.61. The Bertz CT molecular complexity index is 969. The topological polar surface area (TPSA) is 112 Å². The molecule has 0 amide bonds. The van der Waals surface area contributed by atoms with Crippen molar-refractivity contribution in [3.8, 4) is 5.75 Å². The molecule has 4 rings (SSSR count). The number of hydrogen-bond donors (Lipinski definition) is 0. The quantitative estimate of drug-likeness (QED) is 0.276. The van der Waals surface area contributed by atoms with E-state index >= 15 is 0 Å². The molecule has 0 N–H and O–H groups in total. The van der Waals surface area contributed by atoms with Crippen molar-refractivity contribution in [2.45, 2.75) is 47.9 Å². The van der Waals surface area contributed by atoms with E-state index in [4.69, 9.17) is 23.7 Å². The number of rotatable bonds is 6. The average molecular weight is 458 g/mol. The van der Waals surface area contributed by atoms with Crippen LogP contribution in [0.5, 0.6) is 5.75 Å². The van der Waals surface area contributed by atoms with E-state index in [1.165, 1.54) is 18.7 Å². The molecule has 0 unspecified atom stereocenters. The molecule has 2 heterocycles. The number of esters is 1. The van der Waals surface area contributed by atoms with Crippen molar-refractivity contribution in [3.63, 3.8) is 0 Å². The summed E-state index contributed by atoms with van der Waals surface area (Å²) in [6.07, 6.45) is -2.65. The summed E-state index contributed by atoms with van der Waals surface area (Å²) in [6.45, 7) is 1.55. The van der Waals surface area contributed by atoms with E-state index in [0.717, 1.165) is 10.5 Å². The molecule has 0 spiro atoms. The molecule has 2 aliphatic rings. The van der Waals surface area contributed by atoms with Crippen LogP contribution in [0.2, 0.25) is 0 Å². The first-order valence-corrected chi connectivity index (χ1v) is 11.0. The molecule has 0 bridgehead atoms. The van der Waals surface area contributed by atoms with Gasteiger partial charge in [0.05, 0.1) is 13.7 Å². The van der Waals surface area contributed by atoms with Crippen LogP contribution < -0.4 is 4.74 Å². The summed E-state index contributed by atoms with van der Waals surface area (Å²) >= 11 is 1.39. The summed E-state index contributed by atoms with van der Waals surface area (Å²) in [5.74, 6) is 0.221. The fourth-order valence-electron chi connectivity index (χ4n) is 3.73. The molecule has 0 saturated carbocycles. The van der Waals surface area contributed by atoms with Crippen LogP contribution in [0.3, 0.4) is 0 Å². The van der Waals surface area contributed by atoms with Crippen LogP contribution in [0.4, 0.5) is 0 Å². The van der Waals surface area contributed by atoms with Crippen molar-refractivity contribution in [1.82, 2.24) is 0 Å². The lowest BCUT2D eigenvalue weighted by molar-refractivity contribution is -0.298. The number of methoxy groups -OCH3 is 1. The first-order valence-electron chi connectivity index (χ1n) is 10.1. The number of benzene rings is 2. The van der Waals surface area contributed by atoms with Crippen LogP contribution in [-0.2, 0) is 23.7 Å². The molecule has 168 valence electrons. The Hall–Kier alpha value is -2.75. The molecule has 2 saturated heterocycles. The molecular formula is C22H23N3O6S. The second-order valence-corrected chi connectivity index (χ2v) is 8.45. The highest BCUT2D eigenvalue weighted by molar-refractivity contribution is 7.99. The van der Waals surface area contributed by atoms with Crippen LogP contribution in [-0.4, -0.2) is 49.5 Å². The zero-order valence-corrected chi connectivity index (χ0v) is 18.4. The monoisotopic (exact) mass is 457 g/mol. The Kier molecular flexibility index (Phi) is 7.19. The van der Waals surface area contributed by atoms with Gasteiger partial charge in [0, 0.05) is 22.3 Å². The third-order valence-electron chi connectivity index (χ3n) is 5.18.